The Labute approximate surface area is 82.8 Å². The molecule has 0 amide bonds. The zero-order valence-electron chi connectivity index (χ0n) is 6.69. The molecule has 0 aliphatic rings. The van der Waals surface area contributed by atoms with Crippen LogP contribution in [0.25, 0.3) is 0 Å². The number of hydrogen-bond acceptors (Lipinski definition) is 2. The Balaban J connectivity index is 2.90. The summed E-state index contributed by atoms with van der Waals surface area (Å²) in [4.78, 5) is 0. The van der Waals surface area contributed by atoms with Crippen LogP contribution in [0, 0.1) is 11.6 Å². The zero-order chi connectivity index (χ0) is 9.84. The largest absolute Gasteiger partial charge is 0.489 e. The molecule has 13 heavy (non-hydrogen) atoms. The summed E-state index contributed by atoms with van der Waals surface area (Å²) in [6, 6.07) is 2.72. The Bertz CT molecular complexity index is 306. The van der Waals surface area contributed by atoms with Crippen LogP contribution in [0.5, 0.6) is 5.75 Å². The number of rotatable bonds is 3. The second-order valence-corrected chi connectivity index (χ2v) is 3.16. The number of hydrogen-bond donors (Lipinski definition) is 1. The van der Waals surface area contributed by atoms with Crippen LogP contribution in [0.1, 0.15) is 0 Å². The van der Waals surface area contributed by atoms with Gasteiger partial charge in [-0.1, -0.05) is 0 Å². The summed E-state index contributed by atoms with van der Waals surface area (Å²) in [5.74, 6) is -2.07. The first-order valence-corrected chi connectivity index (χ1v) is 4.42. The minimum absolute atomic E-state index is 0.0742. The minimum Gasteiger partial charge on any atom is -0.489 e. The quantitative estimate of drug-likeness (QED) is 0.835. The number of ether oxygens (including phenoxy) is 1. The predicted octanol–water partition coefficient (Wildman–Crippen LogP) is 2.06. The Hall–Kier alpha value is -0.680. The van der Waals surface area contributed by atoms with Crippen LogP contribution in [0.15, 0.2) is 16.6 Å². The van der Waals surface area contributed by atoms with Crippen molar-refractivity contribution in [1.82, 2.24) is 0 Å². The monoisotopic (exact) mass is 251 g/mol. The van der Waals surface area contributed by atoms with Gasteiger partial charge in [-0.2, -0.15) is 4.39 Å². The number of halogens is 3. The highest BCUT2D eigenvalue weighted by atomic mass is 79.9. The Kier molecular flexibility index (Phi) is 3.62. The second-order valence-electron chi connectivity index (χ2n) is 2.31. The number of benzene rings is 1. The lowest BCUT2D eigenvalue weighted by Gasteiger charge is -2.06. The van der Waals surface area contributed by atoms with Crippen LogP contribution >= 0.6 is 15.9 Å². The van der Waals surface area contributed by atoms with Crippen LogP contribution < -0.4 is 10.5 Å². The molecule has 0 bridgehead atoms. The zero-order valence-corrected chi connectivity index (χ0v) is 8.27. The van der Waals surface area contributed by atoms with Crippen LogP contribution in [0.4, 0.5) is 8.78 Å². The van der Waals surface area contributed by atoms with E-state index in [9.17, 15) is 8.78 Å². The molecule has 0 atom stereocenters. The van der Waals surface area contributed by atoms with E-state index in [1.165, 1.54) is 12.1 Å². The second kappa shape index (κ2) is 4.53. The molecule has 72 valence electrons. The molecule has 2 nitrogen and oxygen atoms in total. The lowest BCUT2D eigenvalue weighted by molar-refractivity contribution is 0.304. The van der Waals surface area contributed by atoms with Crippen molar-refractivity contribution >= 4 is 15.9 Å². The fourth-order valence-electron chi connectivity index (χ4n) is 0.789. The van der Waals surface area contributed by atoms with E-state index in [4.69, 9.17) is 10.5 Å². The van der Waals surface area contributed by atoms with Gasteiger partial charge in [0.25, 0.3) is 0 Å². The molecule has 1 rings (SSSR count). The maximum atomic E-state index is 13.0. The van der Waals surface area contributed by atoms with E-state index in [0.29, 0.717) is 0 Å². The third-order valence-electron chi connectivity index (χ3n) is 1.38. The normalized spacial score (nSPS) is 10.2. The maximum Gasteiger partial charge on any atom is 0.201 e. The molecular weight excluding hydrogens is 244 g/mol. The molecule has 0 saturated carbocycles. The summed E-state index contributed by atoms with van der Waals surface area (Å²) in [6.45, 7) is 0.426. The van der Waals surface area contributed by atoms with Gasteiger partial charge in [-0.05, 0) is 28.1 Å². The summed E-state index contributed by atoms with van der Waals surface area (Å²) >= 11 is 2.85. The molecule has 0 heterocycles. The summed E-state index contributed by atoms with van der Waals surface area (Å²) in [5.41, 5.74) is 5.14. The standard InChI is InChI=1S/C8H8BrF2NO/c9-5-1-2-6(13-4-3-12)8(11)7(5)10/h1-2H,3-4,12H2. The van der Waals surface area contributed by atoms with Crippen molar-refractivity contribution in [3.05, 3.63) is 28.2 Å². The molecule has 2 N–H and O–H groups in total. The first-order chi connectivity index (χ1) is 6.16. The topological polar surface area (TPSA) is 35.2 Å². The van der Waals surface area contributed by atoms with Gasteiger partial charge in [0.2, 0.25) is 5.82 Å². The highest BCUT2D eigenvalue weighted by molar-refractivity contribution is 9.10. The van der Waals surface area contributed by atoms with Gasteiger partial charge in [-0.3, -0.25) is 0 Å². The molecule has 0 aliphatic heterocycles. The summed E-state index contributed by atoms with van der Waals surface area (Å²) < 4.78 is 30.8. The molecule has 0 spiro atoms. The van der Waals surface area contributed by atoms with Gasteiger partial charge in [-0.15, -0.1) is 0 Å². The summed E-state index contributed by atoms with van der Waals surface area (Å²) in [7, 11) is 0. The van der Waals surface area contributed by atoms with Gasteiger partial charge in [0.15, 0.2) is 11.6 Å². The van der Waals surface area contributed by atoms with Crippen LogP contribution in [-0.4, -0.2) is 13.2 Å². The first kappa shape index (κ1) is 10.4. The lowest BCUT2D eigenvalue weighted by Crippen LogP contribution is -2.11. The molecule has 0 aliphatic carbocycles. The highest BCUT2D eigenvalue weighted by Crippen LogP contribution is 2.25. The van der Waals surface area contributed by atoms with E-state index >= 15 is 0 Å². The smallest absolute Gasteiger partial charge is 0.201 e. The Morgan fingerprint density at radius 3 is 2.62 bits per heavy atom. The molecule has 0 saturated heterocycles. The minimum atomic E-state index is -0.997. The van der Waals surface area contributed by atoms with Crippen molar-refractivity contribution in [3.63, 3.8) is 0 Å². The van der Waals surface area contributed by atoms with Crippen molar-refractivity contribution in [1.29, 1.82) is 0 Å². The van der Waals surface area contributed by atoms with Gasteiger partial charge in [-0.25, -0.2) is 4.39 Å². The van der Waals surface area contributed by atoms with Crippen LogP contribution in [0.3, 0.4) is 0 Å². The maximum absolute atomic E-state index is 13.0. The number of nitrogens with two attached hydrogens (primary N) is 1. The fourth-order valence-corrected chi connectivity index (χ4v) is 1.09. The van der Waals surface area contributed by atoms with E-state index < -0.39 is 11.6 Å². The molecule has 0 unspecified atom stereocenters. The molecule has 5 heteroatoms. The fraction of sp³-hybridized carbons (Fsp3) is 0.250. The third kappa shape index (κ3) is 2.38. The van der Waals surface area contributed by atoms with Crippen molar-refractivity contribution < 1.29 is 13.5 Å². The van der Waals surface area contributed by atoms with E-state index in [2.05, 4.69) is 15.9 Å². The van der Waals surface area contributed by atoms with E-state index in [1.54, 1.807) is 0 Å². The Morgan fingerprint density at radius 2 is 2.00 bits per heavy atom. The van der Waals surface area contributed by atoms with Gasteiger partial charge in [0.1, 0.15) is 6.61 Å². The van der Waals surface area contributed by atoms with Crippen molar-refractivity contribution in [2.75, 3.05) is 13.2 Å². The predicted molar refractivity (Wildman–Crippen MR) is 48.6 cm³/mol. The lowest BCUT2D eigenvalue weighted by atomic mass is 10.3. The van der Waals surface area contributed by atoms with Gasteiger partial charge in [0.05, 0.1) is 4.47 Å². The average Bonchev–Trinajstić information content (AvgIpc) is 2.13. The summed E-state index contributed by atoms with van der Waals surface area (Å²) in [5, 5.41) is 0. The van der Waals surface area contributed by atoms with E-state index in [-0.39, 0.29) is 23.4 Å². The van der Waals surface area contributed by atoms with Crippen molar-refractivity contribution in [2.24, 2.45) is 5.73 Å². The molecular formula is C8H8BrF2NO. The van der Waals surface area contributed by atoms with Gasteiger partial charge < -0.3 is 10.5 Å². The van der Waals surface area contributed by atoms with Crippen LogP contribution in [0.2, 0.25) is 0 Å². The average molecular weight is 252 g/mol. The highest BCUT2D eigenvalue weighted by Gasteiger charge is 2.12. The molecule has 0 aromatic heterocycles. The van der Waals surface area contributed by atoms with E-state index in [1.807, 2.05) is 0 Å². The molecule has 0 fully saturated rings. The van der Waals surface area contributed by atoms with E-state index in [0.717, 1.165) is 0 Å². The molecule has 0 radical (unpaired) electrons. The van der Waals surface area contributed by atoms with Crippen molar-refractivity contribution in [3.8, 4) is 5.75 Å². The third-order valence-corrected chi connectivity index (χ3v) is 1.99. The summed E-state index contributed by atoms with van der Waals surface area (Å²) in [6.07, 6.45) is 0. The van der Waals surface area contributed by atoms with Crippen molar-refractivity contribution in [2.45, 2.75) is 0 Å². The van der Waals surface area contributed by atoms with Gasteiger partial charge >= 0.3 is 0 Å². The van der Waals surface area contributed by atoms with Gasteiger partial charge in [0, 0.05) is 6.54 Å². The molecule has 1 aromatic carbocycles. The SMILES string of the molecule is NCCOc1ccc(Br)c(F)c1F. The first-order valence-electron chi connectivity index (χ1n) is 3.63. The Morgan fingerprint density at radius 1 is 1.31 bits per heavy atom. The molecule has 1 aromatic rings. The van der Waals surface area contributed by atoms with Crippen LogP contribution in [-0.2, 0) is 0 Å².